The molecule has 0 saturated carbocycles. The molecule has 5 rings (SSSR count). The fourth-order valence-corrected chi connectivity index (χ4v) is 3.57. The van der Waals surface area contributed by atoms with Gasteiger partial charge in [0.05, 0.1) is 28.8 Å². The Labute approximate surface area is 159 Å². The highest BCUT2D eigenvalue weighted by atomic mass is 16.2. The second-order valence-corrected chi connectivity index (χ2v) is 6.56. The number of fused-ring (bicyclic) bond motifs is 2. The number of H-pyrrole nitrogens is 1. The maximum atomic E-state index is 13.1. The molecule has 0 spiro atoms. The summed E-state index contributed by atoms with van der Waals surface area (Å²) in [6.07, 6.45) is 1.94. The summed E-state index contributed by atoms with van der Waals surface area (Å²) in [6, 6.07) is 22.6. The van der Waals surface area contributed by atoms with Gasteiger partial charge in [0.25, 0.3) is 0 Å². The van der Waals surface area contributed by atoms with Gasteiger partial charge in [-0.05, 0) is 24.3 Å². The summed E-state index contributed by atoms with van der Waals surface area (Å²) >= 11 is 0. The first kappa shape index (κ1) is 16.3. The van der Waals surface area contributed by atoms with Crippen LogP contribution in [0.25, 0.3) is 27.9 Å². The number of benzene rings is 2. The number of hydrogen-bond acceptors (Lipinski definition) is 3. The van der Waals surface area contributed by atoms with Crippen LogP contribution in [0, 0.1) is 0 Å². The molecule has 1 N–H and O–H groups in total. The van der Waals surface area contributed by atoms with Crippen molar-refractivity contribution >= 4 is 22.6 Å². The van der Waals surface area contributed by atoms with Gasteiger partial charge in [0.2, 0.25) is 5.91 Å². The molecule has 0 aliphatic heterocycles. The summed E-state index contributed by atoms with van der Waals surface area (Å²) in [6.45, 7) is 0. The number of aromatic nitrogens is 4. The molecule has 2 aromatic carbocycles. The Kier molecular flexibility index (Phi) is 3.69. The van der Waals surface area contributed by atoms with Crippen LogP contribution in [0.3, 0.4) is 0 Å². The van der Waals surface area contributed by atoms with Gasteiger partial charge in [0.15, 0.2) is 0 Å². The zero-order valence-corrected chi connectivity index (χ0v) is 14.9. The number of hydrogen-bond donors (Lipinski definition) is 1. The van der Waals surface area contributed by atoms with Gasteiger partial charge in [-0.1, -0.05) is 48.5 Å². The van der Waals surface area contributed by atoms with Crippen LogP contribution in [-0.2, 0) is 6.42 Å². The zero-order chi connectivity index (χ0) is 19.1. The molecule has 3 aromatic heterocycles. The van der Waals surface area contributed by atoms with Crippen molar-refractivity contribution < 1.29 is 4.79 Å². The van der Waals surface area contributed by atoms with E-state index in [1.165, 1.54) is 4.57 Å². The standard InChI is InChI=1S/C22H16N4O2/c27-20(26-17-11-5-4-10-16(17)23-22(26)28)14-18-21(15-8-2-1-3-9-15)24-19-12-6-7-13-25(18)19/h1-13H,14H2,(H,23,28). The van der Waals surface area contributed by atoms with Gasteiger partial charge >= 0.3 is 5.69 Å². The van der Waals surface area contributed by atoms with E-state index < -0.39 is 5.69 Å². The number of pyridine rings is 1. The van der Waals surface area contributed by atoms with Crippen LogP contribution in [0.15, 0.2) is 83.8 Å². The second kappa shape index (κ2) is 6.35. The van der Waals surface area contributed by atoms with E-state index in [1.54, 1.807) is 12.1 Å². The maximum absolute atomic E-state index is 13.1. The summed E-state index contributed by atoms with van der Waals surface area (Å²) < 4.78 is 3.10. The minimum atomic E-state index is -0.429. The van der Waals surface area contributed by atoms with E-state index >= 15 is 0 Å². The monoisotopic (exact) mass is 368 g/mol. The molecule has 0 radical (unpaired) electrons. The number of para-hydroxylation sites is 2. The molecule has 0 saturated heterocycles. The fourth-order valence-electron chi connectivity index (χ4n) is 3.57. The van der Waals surface area contributed by atoms with Crippen LogP contribution in [0.4, 0.5) is 0 Å². The first-order valence-electron chi connectivity index (χ1n) is 8.97. The van der Waals surface area contributed by atoms with Crippen molar-refractivity contribution in [3.63, 3.8) is 0 Å². The van der Waals surface area contributed by atoms with E-state index in [9.17, 15) is 9.59 Å². The molecule has 6 heteroatoms. The topological polar surface area (TPSA) is 72.2 Å². The lowest BCUT2D eigenvalue weighted by Gasteiger charge is -2.06. The lowest BCUT2D eigenvalue weighted by atomic mass is 10.1. The van der Waals surface area contributed by atoms with Crippen LogP contribution in [0.2, 0.25) is 0 Å². The first-order valence-corrected chi connectivity index (χ1v) is 8.97. The lowest BCUT2D eigenvalue weighted by Crippen LogP contribution is -2.26. The third-order valence-corrected chi connectivity index (χ3v) is 4.83. The molecule has 6 nitrogen and oxygen atoms in total. The van der Waals surface area contributed by atoms with Crippen molar-refractivity contribution in [3.05, 3.63) is 95.2 Å². The molecule has 0 unspecified atom stereocenters. The normalized spacial score (nSPS) is 11.3. The molecule has 0 bridgehead atoms. The molecule has 3 heterocycles. The van der Waals surface area contributed by atoms with Crippen molar-refractivity contribution in [2.24, 2.45) is 0 Å². The summed E-state index contributed by atoms with van der Waals surface area (Å²) in [7, 11) is 0. The van der Waals surface area contributed by atoms with E-state index in [0.29, 0.717) is 11.0 Å². The van der Waals surface area contributed by atoms with E-state index in [1.807, 2.05) is 71.3 Å². The highest BCUT2D eigenvalue weighted by Crippen LogP contribution is 2.25. The number of aromatic amines is 1. The van der Waals surface area contributed by atoms with Crippen molar-refractivity contribution in [2.75, 3.05) is 0 Å². The number of nitrogens with zero attached hydrogens (tertiary/aromatic N) is 3. The van der Waals surface area contributed by atoms with Crippen LogP contribution in [0.5, 0.6) is 0 Å². The highest BCUT2D eigenvalue weighted by molar-refractivity contribution is 5.92. The number of carbonyl (C=O) groups is 1. The third-order valence-electron chi connectivity index (χ3n) is 4.83. The summed E-state index contributed by atoms with van der Waals surface area (Å²) in [5, 5.41) is 0. The molecule has 0 amide bonds. The van der Waals surface area contributed by atoms with Crippen molar-refractivity contribution in [1.29, 1.82) is 0 Å². The molecule has 0 fully saturated rings. The Bertz CT molecular complexity index is 1380. The Morgan fingerprint density at radius 1 is 0.929 bits per heavy atom. The van der Waals surface area contributed by atoms with Crippen molar-refractivity contribution in [3.8, 4) is 11.3 Å². The zero-order valence-electron chi connectivity index (χ0n) is 14.9. The quantitative estimate of drug-likeness (QED) is 0.530. The van der Waals surface area contributed by atoms with Gasteiger partial charge in [-0.25, -0.2) is 14.3 Å². The molecule has 5 aromatic rings. The van der Waals surface area contributed by atoms with Gasteiger partial charge in [0, 0.05) is 11.8 Å². The molecule has 0 aliphatic rings. The molecule has 136 valence electrons. The highest BCUT2D eigenvalue weighted by Gasteiger charge is 2.20. The molecular weight excluding hydrogens is 352 g/mol. The minimum absolute atomic E-state index is 0.0527. The predicted molar refractivity (Wildman–Crippen MR) is 108 cm³/mol. The molecule has 0 atom stereocenters. The van der Waals surface area contributed by atoms with E-state index in [0.717, 1.165) is 22.6 Å². The van der Waals surface area contributed by atoms with Gasteiger partial charge in [-0.2, -0.15) is 0 Å². The van der Waals surface area contributed by atoms with E-state index in [2.05, 4.69) is 4.98 Å². The summed E-state index contributed by atoms with van der Waals surface area (Å²) in [4.78, 5) is 33.0. The van der Waals surface area contributed by atoms with Crippen LogP contribution in [-0.4, -0.2) is 24.8 Å². The number of imidazole rings is 2. The van der Waals surface area contributed by atoms with Gasteiger partial charge in [-0.15, -0.1) is 0 Å². The Hall–Kier alpha value is -3.93. The number of rotatable bonds is 3. The minimum Gasteiger partial charge on any atom is -0.305 e. The summed E-state index contributed by atoms with van der Waals surface area (Å²) in [5.74, 6) is -0.301. The van der Waals surface area contributed by atoms with Crippen molar-refractivity contribution in [1.82, 2.24) is 18.9 Å². The third kappa shape index (κ3) is 2.54. The number of carbonyl (C=O) groups excluding carboxylic acids is 1. The largest absolute Gasteiger partial charge is 0.333 e. The SMILES string of the molecule is O=C(Cc1c(-c2ccccc2)nc2ccccn12)n1c(=O)[nH]c2ccccc21. The average molecular weight is 368 g/mol. The Morgan fingerprint density at radius 3 is 2.54 bits per heavy atom. The average Bonchev–Trinajstić information content (AvgIpc) is 3.26. The lowest BCUT2D eigenvalue weighted by molar-refractivity contribution is 0.0914. The van der Waals surface area contributed by atoms with E-state index in [-0.39, 0.29) is 12.3 Å². The molecule has 28 heavy (non-hydrogen) atoms. The van der Waals surface area contributed by atoms with Gasteiger partial charge < -0.3 is 9.38 Å². The van der Waals surface area contributed by atoms with Crippen LogP contribution < -0.4 is 5.69 Å². The Morgan fingerprint density at radius 2 is 1.68 bits per heavy atom. The van der Waals surface area contributed by atoms with Crippen LogP contribution >= 0.6 is 0 Å². The fraction of sp³-hybridized carbons (Fsp3) is 0.0455. The van der Waals surface area contributed by atoms with E-state index in [4.69, 9.17) is 4.98 Å². The van der Waals surface area contributed by atoms with Gasteiger partial charge in [-0.3, -0.25) is 4.79 Å². The predicted octanol–water partition coefficient (Wildman–Crippen LogP) is 3.53. The molecular formula is C22H16N4O2. The second-order valence-electron chi connectivity index (χ2n) is 6.56. The van der Waals surface area contributed by atoms with Gasteiger partial charge in [0.1, 0.15) is 5.65 Å². The summed E-state index contributed by atoms with van der Waals surface area (Å²) in [5.41, 5.74) is 3.98. The van der Waals surface area contributed by atoms with Crippen molar-refractivity contribution in [2.45, 2.75) is 6.42 Å². The number of nitrogens with one attached hydrogen (secondary N) is 1. The van der Waals surface area contributed by atoms with Crippen LogP contribution in [0.1, 0.15) is 10.5 Å². The molecule has 0 aliphatic carbocycles. The smallest absolute Gasteiger partial charge is 0.305 e. The first-order chi connectivity index (χ1) is 13.7. The Balaban J connectivity index is 1.66. The maximum Gasteiger partial charge on any atom is 0.333 e.